The third-order valence-electron chi connectivity index (χ3n) is 3.00. The summed E-state index contributed by atoms with van der Waals surface area (Å²) in [5, 5.41) is 0. The van der Waals surface area contributed by atoms with E-state index in [2.05, 4.69) is 0 Å². The number of carbonyl (C=O) groups is 2. The fourth-order valence-electron chi connectivity index (χ4n) is 1.82. The average Bonchev–Trinajstić information content (AvgIpc) is 2.44. The standard InChI is InChI=1S/C15H21NO3/c1-4-19-14(17)10-11-16(3)15(18)12(2)13-8-6-5-7-9-13/h5-9,12H,4,10-11H2,1-3H3. The van der Waals surface area contributed by atoms with Crippen molar-refractivity contribution < 1.29 is 14.3 Å². The van der Waals surface area contributed by atoms with Gasteiger partial charge in [0.15, 0.2) is 0 Å². The maximum absolute atomic E-state index is 12.2. The summed E-state index contributed by atoms with van der Waals surface area (Å²) in [4.78, 5) is 25.0. The second kappa shape index (κ2) is 7.56. The zero-order valence-electron chi connectivity index (χ0n) is 11.8. The first-order valence-corrected chi connectivity index (χ1v) is 6.51. The van der Waals surface area contributed by atoms with E-state index in [1.54, 1.807) is 18.9 Å². The molecule has 1 aromatic rings. The van der Waals surface area contributed by atoms with E-state index in [1.807, 2.05) is 37.3 Å². The summed E-state index contributed by atoms with van der Waals surface area (Å²) in [7, 11) is 1.71. The number of hydrogen-bond acceptors (Lipinski definition) is 3. The molecule has 0 bridgehead atoms. The van der Waals surface area contributed by atoms with E-state index < -0.39 is 0 Å². The molecule has 1 aromatic carbocycles. The van der Waals surface area contributed by atoms with Crippen LogP contribution in [0.1, 0.15) is 31.7 Å². The average molecular weight is 263 g/mol. The molecule has 1 unspecified atom stereocenters. The van der Waals surface area contributed by atoms with Crippen molar-refractivity contribution in [3.63, 3.8) is 0 Å². The topological polar surface area (TPSA) is 46.6 Å². The van der Waals surface area contributed by atoms with Gasteiger partial charge in [-0.25, -0.2) is 0 Å². The van der Waals surface area contributed by atoms with Crippen LogP contribution in [0.3, 0.4) is 0 Å². The van der Waals surface area contributed by atoms with E-state index in [-0.39, 0.29) is 24.2 Å². The highest BCUT2D eigenvalue weighted by molar-refractivity contribution is 5.83. The molecule has 1 atom stereocenters. The Morgan fingerprint density at radius 3 is 2.47 bits per heavy atom. The van der Waals surface area contributed by atoms with E-state index in [9.17, 15) is 9.59 Å². The minimum absolute atomic E-state index is 0.00972. The van der Waals surface area contributed by atoms with E-state index in [0.717, 1.165) is 5.56 Å². The van der Waals surface area contributed by atoms with Gasteiger partial charge < -0.3 is 9.64 Å². The lowest BCUT2D eigenvalue weighted by Crippen LogP contribution is -2.32. The number of likely N-dealkylation sites (N-methyl/N-ethyl adjacent to an activating group) is 1. The lowest BCUT2D eigenvalue weighted by Gasteiger charge is -2.21. The molecule has 0 aliphatic carbocycles. The Labute approximate surface area is 114 Å². The molecule has 1 amide bonds. The van der Waals surface area contributed by atoms with Gasteiger partial charge >= 0.3 is 5.97 Å². The third kappa shape index (κ3) is 4.73. The number of hydrogen-bond donors (Lipinski definition) is 0. The molecule has 0 saturated carbocycles. The Morgan fingerprint density at radius 2 is 1.89 bits per heavy atom. The third-order valence-corrected chi connectivity index (χ3v) is 3.00. The van der Waals surface area contributed by atoms with Gasteiger partial charge in [0.05, 0.1) is 18.9 Å². The maximum atomic E-state index is 12.2. The van der Waals surface area contributed by atoms with Crippen LogP contribution in [0.2, 0.25) is 0 Å². The van der Waals surface area contributed by atoms with Crippen molar-refractivity contribution in [2.24, 2.45) is 0 Å². The van der Waals surface area contributed by atoms with Crippen molar-refractivity contribution in [3.8, 4) is 0 Å². The number of ether oxygens (including phenoxy) is 1. The molecule has 4 heteroatoms. The summed E-state index contributed by atoms with van der Waals surface area (Å²) in [5.41, 5.74) is 0.982. The number of benzene rings is 1. The first-order valence-electron chi connectivity index (χ1n) is 6.51. The molecule has 19 heavy (non-hydrogen) atoms. The first-order chi connectivity index (χ1) is 9.06. The lowest BCUT2D eigenvalue weighted by atomic mass is 10.00. The van der Waals surface area contributed by atoms with Crippen LogP contribution in [0, 0.1) is 0 Å². The lowest BCUT2D eigenvalue weighted by molar-refractivity contribution is -0.144. The van der Waals surface area contributed by atoms with Crippen LogP contribution in [0.5, 0.6) is 0 Å². The summed E-state index contributed by atoms with van der Waals surface area (Å²) in [6.45, 7) is 4.40. The molecule has 0 N–H and O–H groups in total. The Morgan fingerprint density at radius 1 is 1.26 bits per heavy atom. The molecule has 0 aliphatic rings. The fourth-order valence-corrected chi connectivity index (χ4v) is 1.82. The Hall–Kier alpha value is -1.84. The van der Waals surface area contributed by atoms with Gasteiger partial charge in [-0.15, -0.1) is 0 Å². The van der Waals surface area contributed by atoms with Crippen LogP contribution in [-0.2, 0) is 14.3 Å². The molecule has 0 radical (unpaired) electrons. The molecule has 0 heterocycles. The van der Waals surface area contributed by atoms with E-state index >= 15 is 0 Å². The number of nitrogens with zero attached hydrogens (tertiary/aromatic N) is 1. The van der Waals surface area contributed by atoms with Crippen molar-refractivity contribution in [1.82, 2.24) is 4.90 Å². The van der Waals surface area contributed by atoms with Crippen molar-refractivity contribution in [2.75, 3.05) is 20.2 Å². The van der Waals surface area contributed by atoms with Crippen molar-refractivity contribution in [1.29, 1.82) is 0 Å². The molecule has 0 saturated heterocycles. The Balaban J connectivity index is 2.50. The first kappa shape index (κ1) is 15.2. The van der Waals surface area contributed by atoms with Gasteiger partial charge in [-0.05, 0) is 19.4 Å². The molecule has 0 aliphatic heterocycles. The van der Waals surface area contributed by atoms with Crippen LogP contribution in [-0.4, -0.2) is 37.0 Å². The van der Waals surface area contributed by atoms with Gasteiger partial charge in [0.1, 0.15) is 0 Å². The van der Waals surface area contributed by atoms with Gasteiger partial charge in [-0.1, -0.05) is 30.3 Å². The van der Waals surface area contributed by atoms with Gasteiger partial charge in [0.25, 0.3) is 0 Å². The zero-order valence-corrected chi connectivity index (χ0v) is 11.8. The van der Waals surface area contributed by atoms with Crippen LogP contribution in [0.15, 0.2) is 30.3 Å². The molecule has 0 aromatic heterocycles. The minimum Gasteiger partial charge on any atom is -0.466 e. The molecule has 1 rings (SSSR count). The van der Waals surface area contributed by atoms with Crippen molar-refractivity contribution in [2.45, 2.75) is 26.2 Å². The number of esters is 1. The summed E-state index contributed by atoms with van der Waals surface area (Å²) < 4.78 is 4.84. The summed E-state index contributed by atoms with van der Waals surface area (Å²) >= 11 is 0. The molecule has 0 spiro atoms. The quantitative estimate of drug-likeness (QED) is 0.739. The van der Waals surface area contributed by atoms with E-state index in [1.165, 1.54) is 0 Å². The predicted molar refractivity (Wildman–Crippen MR) is 73.7 cm³/mol. The van der Waals surface area contributed by atoms with Crippen LogP contribution in [0.4, 0.5) is 0 Å². The van der Waals surface area contributed by atoms with Crippen LogP contribution < -0.4 is 0 Å². The number of rotatable bonds is 6. The summed E-state index contributed by atoms with van der Waals surface area (Å²) in [6.07, 6.45) is 0.234. The monoisotopic (exact) mass is 263 g/mol. The van der Waals surface area contributed by atoms with Gasteiger partial charge in [-0.3, -0.25) is 9.59 Å². The highest BCUT2D eigenvalue weighted by Crippen LogP contribution is 2.17. The van der Waals surface area contributed by atoms with Crippen LogP contribution >= 0.6 is 0 Å². The van der Waals surface area contributed by atoms with Gasteiger partial charge in [0, 0.05) is 13.6 Å². The highest BCUT2D eigenvalue weighted by atomic mass is 16.5. The molecular formula is C15H21NO3. The smallest absolute Gasteiger partial charge is 0.307 e. The van der Waals surface area contributed by atoms with Gasteiger partial charge in [-0.2, -0.15) is 0 Å². The molecular weight excluding hydrogens is 242 g/mol. The summed E-state index contributed by atoms with van der Waals surface area (Å²) in [6, 6.07) is 9.62. The molecule has 0 fully saturated rings. The minimum atomic E-state index is -0.269. The van der Waals surface area contributed by atoms with Crippen molar-refractivity contribution in [3.05, 3.63) is 35.9 Å². The normalized spacial score (nSPS) is 11.7. The maximum Gasteiger partial charge on any atom is 0.307 e. The Kier molecular flexibility index (Phi) is 6.06. The van der Waals surface area contributed by atoms with Gasteiger partial charge in [0.2, 0.25) is 5.91 Å². The number of carbonyl (C=O) groups excluding carboxylic acids is 2. The zero-order chi connectivity index (χ0) is 14.3. The summed E-state index contributed by atoms with van der Waals surface area (Å²) in [5.74, 6) is -0.460. The van der Waals surface area contributed by atoms with Crippen LogP contribution in [0.25, 0.3) is 0 Å². The molecule has 104 valence electrons. The highest BCUT2D eigenvalue weighted by Gasteiger charge is 2.19. The van der Waals surface area contributed by atoms with E-state index in [0.29, 0.717) is 13.2 Å². The van der Waals surface area contributed by atoms with E-state index in [4.69, 9.17) is 4.74 Å². The second-order valence-corrected chi connectivity index (χ2v) is 4.45. The Bertz CT molecular complexity index is 417. The fraction of sp³-hybridized carbons (Fsp3) is 0.467. The second-order valence-electron chi connectivity index (χ2n) is 4.45. The van der Waals surface area contributed by atoms with Crippen molar-refractivity contribution >= 4 is 11.9 Å². The SMILES string of the molecule is CCOC(=O)CCN(C)C(=O)C(C)c1ccccc1. The number of amides is 1. The molecule has 4 nitrogen and oxygen atoms in total. The largest absolute Gasteiger partial charge is 0.466 e. The predicted octanol–water partition coefficient (Wildman–Crippen LogP) is 2.20.